The molecule has 3 rings (SSSR count). The Kier molecular flexibility index (Phi) is 8.10. The lowest BCUT2D eigenvalue weighted by Gasteiger charge is -2.32. The first kappa shape index (κ1) is 21.7. The molecule has 0 aromatic carbocycles. The molecule has 1 fully saturated rings. The highest BCUT2D eigenvalue weighted by Crippen LogP contribution is 2.11. The van der Waals surface area contributed by atoms with Gasteiger partial charge in [-0.25, -0.2) is 9.79 Å². The largest absolute Gasteiger partial charge is 0.467 e. The van der Waals surface area contributed by atoms with Crippen molar-refractivity contribution in [3.63, 3.8) is 0 Å². The molecule has 0 bridgehead atoms. The zero-order chi connectivity index (χ0) is 21.2. The van der Waals surface area contributed by atoms with Crippen LogP contribution in [-0.2, 0) is 24.2 Å². The molecular formula is C20H31N7O3. The highest BCUT2D eigenvalue weighted by molar-refractivity contribution is 5.80. The molecule has 3 heterocycles. The van der Waals surface area contributed by atoms with Crippen LogP contribution in [-0.4, -0.2) is 64.0 Å². The third-order valence-electron chi connectivity index (χ3n) is 4.99. The van der Waals surface area contributed by atoms with E-state index in [-0.39, 0.29) is 12.1 Å². The summed E-state index contributed by atoms with van der Waals surface area (Å²) in [6.45, 7) is 7.52. The first-order chi connectivity index (χ1) is 14.7. The Labute approximate surface area is 176 Å². The minimum atomic E-state index is -0.235. The number of hydrogen-bond acceptors (Lipinski definition) is 6. The van der Waals surface area contributed by atoms with Crippen molar-refractivity contribution < 1.29 is 13.9 Å². The van der Waals surface area contributed by atoms with Crippen molar-refractivity contribution in [2.24, 2.45) is 4.99 Å². The van der Waals surface area contributed by atoms with Crippen LogP contribution in [0.3, 0.4) is 0 Å². The van der Waals surface area contributed by atoms with Crippen LogP contribution in [0.4, 0.5) is 4.79 Å². The van der Waals surface area contributed by atoms with E-state index in [0.29, 0.717) is 32.8 Å². The maximum atomic E-state index is 11.9. The molecule has 0 unspecified atom stereocenters. The lowest BCUT2D eigenvalue weighted by atomic mass is 10.1. The number of hydrogen-bond donors (Lipinski definition) is 2. The fraction of sp³-hybridized carbons (Fsp3) is 0.600. The normalized spacial score (nSPS) is 15.3. The van der Waals surface area contributed by atoms with Gasteiger partial charge in [0.15, 0.2) is 5.96 Å². The van der Waals surface area contributed by atoms with E-state index < -0.39 is 0 Å². The lowest BCUT2D eigenvalue weighted by molar-refractivity contribution is 0.0963. The number of aromatic nitrogens is 3. The van der Waals surface area contributed by atoms with E-state index in [0.717, 1.165) is 43.4 Å². The average Bonchev–Trinajstić information content (AvgIpc) is 3.44. The van der Waals surface area contributed by atoms with Gasteiger partial charge in [0.1, 0.15) is 24.5 Å². The minimum absolute atomic E-state index is 0.235. The van der Waals surface area contributed by atoms with Crippen molar-refractivity contribution in [1.82, 2.24) is 30.3 Å². The summed E-state index contributed by atoms with van der Waals surface area (Å²) < 4.78 is 12.5. The van der Waals surface area contributed by atoms with Crippen LogP contribution in [0.2, 0.25) is 0 Å². The average molecular weight is 418 g/mol. The molecule has 1 aliphatic rings. The van der Waals surface area contributed by atoms with Crippen molar-refractivity contribution in [3.8, 4) is 0 Å². The van der Waals surface area contributed by atoms with Gasteiger partial charge in [-0.2, -0.15) is 0 Å². The highest BCUT2D eigenvalue weighted by Gasteiger charge is 2.24. The first-order valence-electron chi connectivity index (χ1n) is 10.5. The van der Waals surface area contributed by atoms with Gasteiger partial charge in [0.05, 0.1) is 12.9 Å². The van der Waals surface area contributed by atoms with Crippen LogP contribution in [0, 0.1) is 0 Å². The topological polar surface area (TPSA) is 110 Å². The lowest BCUT2D eigenvalue weighted by Crippen LogP contribution is -2.50. The number of likely N-dealkylation sites (tertiary alicyclic amines) is 1. The molecule has 2 N–H and O–H groups in total. The summed E-state index contributed by atoms with van der Waals surface area (Å²) in [6, 6.07) is 4.00. The Morgan fingerprint density at radius 3 is 2.90 bits per heavy atom. The molecule has 1 amide bonds. The predicted molar refractivity (Wildman–Crippen MR) is 112 cm³/mol. The van der Waals surface area contributed by atoms with Gasteiger partial charge in [0.25, 0.3) is 0 Å². The van der Waals surface area contributed by atoms with Crippen molar-refractivity contribution >= 4 is 12.1 Å². The zero-order valence-electron chi connectivity index (χ0n) is 17.7. The number of nitrogens with zero attached hydrogens (tertiary/aromatic N) is 5. The van der Waals surface area contributed by atoms with Crippen LogP contribution in [0.1, 0.15) is 38.3 Å². The quantitative estimate of drug-likeness (QED) is 0.498. The smallest absolute Gasteiger partial charge is 0.409 e. The summed E-state index contributed by atoms with van der Waals surface area (Å²) in [7, 11) is 0. The number of amides is 1. The molecule has 1 saturated heterocycles. The second-order valence-corrected chi connectivity index (χ2v) is 7.07. The Bertz CT molecular complexity index is 795. The number of piperidine rings is 1. The molecule has 2 aromatic heterocycles. The van der Waals surface area contributed by atoms with Gasteiger partial charge in [-0.15, -0.1) is 10.2 Å². The monoisotopic (exact) mass is 417 g/mol. The number of aryl methyl sites for hydroxylation is 1. The van der Waals surface area contributed by atoms with Crippen molar-refractivity contribution in [1.29, 1.82) is 0 Å². The van der Waals surface area contributed by atoms with E-state index in [2.05, 4.69) is 32.7 Å². The van der Waals surface area contributed by atoms with E-state index >= 15 is 0 Å². The SMILES string of the molecule is CCOC(=O)N1CCC(NC(=NCc2ccco2)NCCn2cnnc2CC)CC1. The minimum Gasteiger partial charge on any atom is -0.467 e. The van der Waals surface area contributed by atoms with Crippen LogP contribution in [0.5, 0.6) is 0 Å². The highest BCUT2D eigenvalue weighted by atomic mass is 16.6. The fourth-order valence-electron chi connectivity index (χ4n) is 3.36. The summed E-state index contributed by atoms with van der Waals surface area (Å²) in [5.74, 6) is 2.50. The number of aliphatic imine (C=N–C) groups is 1. The molecule has 0 radical (unpaired) electrons. The van der Waals surface area contributed by atoms with E-state index in [4.69, 9.17) is 9.15 Å². The molecule has 1 aliphatic heterocycles. The summed E-state index contributed by atoms with van der Waals surface area (Å²) in [6.07, 6.45) is 5.68. The van der Waals surface area contributed by atoms with Gasteiger partial charge in [0, 0.05) is 38.6 Å². The van der Waals surface area contributed by atoms with Crippen LogP contribution in [0.25, 0.3) is 0 Å². The summed E-state index contributed by atoms with van der Waals surface area (Å²) >= 11 is 0. The Balaban J connectivity index is 1.53. The number of carbonyl (C=O) groups excluding carboxylic acids is 1. The fourth-order valence-corrected chi connectivity index (χ4v) is 3.36. The number of rotatable bonds is 8. The van der Waals surface area contributed by atoms with Crippen LogP contribution >= 0.6 is 0 Å². The molecule has 10 nitrogen and oxygen atoms in total. The summed E-state index contributed by atoms with van der Waals surface area (Å²) in [5, 5.41) is 15.0. The van der Waals surface area contributed by atoms with Gasteiger partial charge in [0.2, 0.25) is 0 Å². The maximum absolute atomic E-state index is 11.9. The number of ether oxygens (including phenoxy) is 1. The molecule has 0 atom stereocenters. The summed E-state index contributed by atoms with van der Waals surface area (Å²) in [4.78, 5) is 18.3. The molecule has 0 spiro atoms. The van der Waals surface area contributed by atoms with E-state index in [1.807, 2.05) is 23.6 Å². The molecule has 164 valence electrons. The maximum Gasteiger partial charge on any atom is 0.409 e. The van der Waals surface area contributed by atoms with Gasteiger partial charge < -0.3 is 29.3 Å². The van der Waals surface area contributed by atoms with Gasteiger partial charge in [-0.3, -0.25) is 0 Å². The van der Waals surface area contributed by atoms with E-state index in [1.54, 1.807) is 17.5 Å². The second kappa shape index (κ2) is 11.2. The third kappa shape index (κ3) is 6.23. The molecular weight excluding hydrogens is 386 g/mol. The number of furan rings is 1. The molecule has 30 heavy (non-hydrogen) atoms. The number of nitrogens with one attached hydrogen (secondary N) is 2. The molecule has 2 aromatic rings. The Morgan fingerprint density at radius 2 is 2.20 bits per heavy atom. The van der Waals surface area contributed by atoms with E-state index in [1.165, 1.54) is 0 Å². The van der Waals surface area contributed by atoms with Crippen molar-refractivity contribution in [3.05, 3.63) is 36.3 Å². The van der Waals surface area contributed by atoms with Crippen LogP contribution < -0.4 is 10.6 Å². The third-order valence-corrected chi connectivity index (χ3v) is 4.99. The van der Waals surface area contributed by atoms with E-state index in [9.17, 15) is 4.79 Å². The van der Waals surface area contributed by atoms with Crippen molar-refractivity contribution in [2.75, 3.05) is 26.2 Å². The predicted octanol–water partition coefficient (Wildman–Crippen LogP) is 1.79. The standard InChI is InChI=1S/C20H31N7O3/c1-3-18-25-23-15-27(18)12-9-21-19(22-14-17-6-5-13-30-17)24-16-7-10-26(11-8-16)20(28)29-4-2/h5-6,13,15-16H,3-4,7-12,14H2,1-2H3,(H2,21,22,24). The van der Waals surface area contributed by atoms with Gasteiger partial charge in [-0.1, -0.05) is 6.92 Å². The van der Waals surface area contributed by atoms with Gasteiger partial charge >= 0.3 is 6.09 Å². The Morgan fingerprint density at radius 1 is 1.37 bits per heavy atom. The van der Waals surface area contributed by atoms with Crippen molar-refractivity contribution in [2.45, 2.75) is 52.2 Å². The number of guanidine groups is 1. The van der Waals surface area contributed by atoms with Gasteiger partial charge in [-0.05, 0) is 31.9 Å². The molecule has 0 aliphatic carbocycles. The number of carbonyl (C=O) groups is 1. The summed E-state index contributed by atoms with van der Waals surface area (Å²) in [5.41, 5.74) is 0. The first-order valence-corrected chi connectivity index (χ1v) is 10.5. The second-order valence-electron chi connectivity index (χ2n) is 7.07. The molecule has 10 heteroatoms. The van der Waals surface area contributed by atoms with Crippen LogP contribution in [0.15, 0.2) is 34.1 Å². The zero-order valence-corrected chi connectivity index (χ0v) is 17.7. The molecule has 0 saturated carbocycles. The Hall–Kier alpha value is -3.04.